The normalized spacial score (nSPS) is 12.5. The molecule has 24 heavy (non-hydrogen) atoms. The van der Waals surface area contributed by atoms with Gasteiger partial charge in [-0.05, 0) is 36.6 Å². The third kappa shape index (κ3) is 4.83. The molecule has 0 bridgehead atoms. The fourth-order valence-corrected chi connectivity index (χ4v) is 2.95. The van der Waals surface area contributed by atoms with Crippen LogP contribution in [0.5, 0.6) is 0 Å². The second kappa shape index (κ2) is 7.49. The molecule has 0 aliphatic carbocycles. The highest BCUT2D eigenvalue weighted by atomic mass is 32.2. The van der Waals surface area contributed by atoms with Crippen molar-refractivity contribution < 1.29 is 13.2 Å². The molecule has 2 rings (SSSR count). The number of aryl methyl sites for hydroxylation is 1. The summed E-state index contributed by atoms with van der Waals surface area (Å²) in [6.07, 6.45) is 2.02. The van der Waals surface area contributed by atoms with Crippen LogP contribution in [-0.2, 0) is 16.4 Å². The van der Waals surface area contributed by atoms with Gasteiger partial charge in [0.15, 0.2) is 0 Å². The van der Waals surface area contributed by atoms with Crippen LogP contribution in [0, 0.1) is 0 Å². The first-order valence-corrected chi connectivity index (χ1v) is 9.66. The number of carbonyl (C=O) groups excluding carboxylic acids is 1. The maximum absolute atomic E-state index is 12.5. The standard InChI is InChI=1S/C18H22N2O3S/c1-4-14-9-11-15(12-10-14)13(2)19-18(21)16-7-5-6-8-17(16)20-24(3,22)23/h5-13,20H,4H2,1-3H3,(H,19,21)/t13-/m0/s1. The number of carbonyl (C=O) groups is 1. The van der Waals surface area contributed by atoms with Crippen LogP contribution in [0.25, 0.3) is 0 Å². The van der Waals surface area contributed by atoms with Crippen molar-refractivity contribution in [2.75, 3.05) is 11.0 Å². The van der Waals surface area contributed by atoms with E-state index in [1.807, 2.05) is 31.2 Å². The van der Waals surface area contributed by atoms with Crippen LogP contribution in [-0.4, -0.2) is 20.6 Å². The monoisotopic (exact) mass is 346 g/mol. The fourth-order valence-electron chi connectivity index (χ4n) is 2.37. The number of hydrogen-bond donors (Lipinski definition) is 2. The average Bonchev–Trinajstić information content (AvgIpc) is 2.53. The van der Waals surface area contributed by atoms with Gasteiger partial charge < -0.3 is 5.32 Å². The van der Waals surface area contributed by atoms with Gasteiger partial charge in [-0.2, -0.15) is 0 Å². The van der Waals surface area contributed by atoms with Crippen molar-refractivity contribution in [1.29, 1.82) is 0 Å². The van der Waals surface area contributed by atoms with Crippen LogP contribution in [0.15, 0.2) is 48.5 Å². The van der Waals surface area contributed by atoms with Gasteiger partial charge in [-0.1, -0.05) is 43.3 Å². The van der Waals surface area contributed by atoms with Crippen molar-refractivity contribution in [3.63, 3.8) is 0 Å². The van der Waals surface area contributed by atoms with E-state index in [0.29, 0.717) is 5.56 Å². The number of sulfonamides is 1. The topological polar surface area (TPSA) is 75.3 Å². The fraction of sp³-hybridized carbons (Fsp3) is 0.278. The maximum Gasteiger partial charge on any atom is 0.253 e. The van der Waals surface area contributed by atoms with Crippen molar-refractivity contribution in [2.45, 2.75) is 26.3 Å². The van der Waals surface area contributed by atoms with E-state index in [0.717, 1.165) is 18.2 Å². The van der Waals surface area contributed by atoms with Gasteiger partial charge in [0.05, 0.1) is 23.5 Å². The second-order valence-corrected chi connectivity index (χ2v) is 7.46. The largest absolute Gasteiger partial charge is 0.345 e. The number of para-hydroxylation sites is 1. The number of hydrogen-bond acceptors (Lipinski definition) is 3. The summed E-state index contributed by atoms with van der Waals surface area (Å²) in [6, 6.07) is 14.4. The van der Waals surface area contributed by atoms with Crippen molar-refractivity contribution in [3.05, 3.63) is 65.2 Å². The van der Waals surface area contributed by atoms with Gasteiger partial charge in [0.25, 0.3) is 5.91 Å². The molecule has 0 heterocycles. The molecule has 2 N–H and O–H groups in total. The molecule has 1 atom stereocenters. The highest BCUT2D eigenvalue weighted by molar-refractivity contribution is 7.92. The Kier molecular flexibility index (Phi) is 5.62. The van der Waals surface area contributed by atoms with Crippen LogP contribution in [0.4, 0.5) is 5.69 Å². The lowest BCUT2D eigenvalue weighted by atomic mass is 10.0. The first-order valence-electron chi connectivity index (χ1n) is 7.76. The van der Waals surface area contributed by atoms with E-state index in [4.69, 9.17) is 0 Å². The maximum atomic E-state index is 12.5. The second-order valence-electron chi connectivity index (χ2n) is 5.71. The number of nitrogens with one attached hydrogen (secondary N) is 2. The average molecular weight is 346 g/mol. The van der Waals surface area contributed by atoms with Crippen LogP contribution in [0.2, 0.25) is 0 Å². The third-order valence-electron chi connectivity index (χ3n) is 3.70. The Balaban J connectivity index is 2.17. The van der Waals surface area contributed by atoms with E-state index in [1.165, 1.54) is 5.56 Å². The minimum Gasteiger partial charge on any atom is -0.345 e. The number of rotatable bonds is 6. The lowest BCUT2D eigenvalue weighted by Gasteiger charge is -2.16. The Morgan fingerprint density at radius 1 is 1.08 bits per heavy atom. The Morgan fingerprint density at radius 3 is 2.29 bits per heavy atom. The van der Waals surface area contributed by atoms with Crippen LogP contribution in [0.1, 0.15) is 41.4 Å². The summed E-state index contributed by atoms with van der Waals surface area (Å²) in [5.41, 5.74) is 2.79. The van der Waals surface area contributed by atoms with E-state index in [1.54, 1.807) is 24.3 Å². The zero-order chi connectivity index (χ0) is 17.7. The predicted octanol–water partition coefficient (Wildman–Crippen LogP) is 3.11. The number of anilines is 1. The van der Waals surface area contributed by atoms with Gasteiger partial charge in [-0.25, -0.2) is 8.42 Å². The summed E-state index contributed by atoms with van der Waals surface area (Å²) in [4.78, 5) is 12.5. The number of amides is 1. The number of benzene rings is 2. The third-order valence-corrected chi connectivity index (χ3v) is 4.29. The van der Waals surface area contributed by atoms with Crippen molar-refractivity contribution in [3.8, 4) is 0 Å². The minimum absolute atomic E-state index is 0.185. The molecule has 128 valence electrons. The first-order chi connectivity index (χ1) is 11.3. The van der Waals surface area contributed by atoms with Gasteiger partial charge in [0, 0.05) is 0 Å². The van der Waals surface area contributed by atoms with Gasteiger partial charge >= 0.3 is 0 Å². The molecule has 0 radical (unpaired) electrons. The summed E-state index contributed by atoms with van der Waals surface area (Å²) in [5, 5.41) is 2.90. The highest BCUT2D eigenvalue weighted by Gasteiger charge is 2.16. The van der Waals surface area contributed by atoms with Crippen molar-refractivity contribution >= 4 is 21.6 Å². The zero-order valence-electron chi connectivity index (χ0n) is 14.0. The lowest BCUT2D eigenvalue weighted by molar-refractivity contribution is 0.0941. The molecule has 0 aliphatic rings. The Hall–Kier alpha value is -2.34. The van der Waals surface area contributed by atoms with Gasteiger partial charge in [0.2, 0.25) is 10.0 Å². The van der Waals surface area contributed by atoms with Crippen LogP contribution >= 0.6 is 0 Å². The van der Waals surface area contributed by atoms with Crippen LogP contribution in [0.3, 0.4) is 0 Å². The van der Waals surface area contributed by atoms with E-state index >= 15 is 0 Å². The van der Waals surface area contributed by atoms with E-state index in [2.05, 4.69) is 17.0 Å². The molecule has 2 aromatic rings. The summed E-state index contributed by atoms with van der Waals surface area (Å²) in [6.45, 7) is 3.98. The zero-order valence-corrected chi connectivity index (χ0v) is 14.9. The summed E-state index contributed by atoms with van der Waals surface area (Å²) < 4.78 is 25.2. The van der Waals surface area contributed by atoms with Gasteiger partial charge in [-0.3, -0.25) is 9.52 Å². The van der Waals surface area contributed by atoms with Gasteiger partial charge in [-0.15, -0.1) is 0 Å². The molecule has 2 aromatic carbocycles. The summed E-state index contributed by atoms with van der Waals surface area (Å²) in [7, 11) is -3.45. The highest BCUT2D eigenvalue weighted by Crippen LogP contribution is 2.19. The minimum atomic E-state index is -3.45. The molecule has 0 fully saturated rings. The molecular weight excluding hydrogens is 324 g/mol. The van der Waals surface area contributed by atoms with Gasteiger partial charge in [0.1, 0.15) is 0 Å². The molecule has 0 unspecified atom stereocenters. The molecule has 0 saturated heterocycles. The Morgan fingerprint density at radius 2 is 1.71 bits per heavy atom. The predicted molar refractivity (Wildman–Crippen MR) is 96.6 cm³/mol. The SMILES string of the molecule is CCc1ccc([C@H](C)NC(=O)c2ccccc2NS(C)(=O)=O)cc1. The van der Waals surface area contributed by atoms with E-state index in [-0.39, 0.29) is 17.6 Å². The molecule has 1 amide bonds. The molecule has 0 aliphatic heterocycles. The molecule has 5 nitrogen and oxygen atoms in total. The Bertz CT molecular complexity index is 814. The molecule has 6 heteroatoms. The summed E-state index contributed by atoms with van der Waals surface area (Å²) >= 11 is 0. The van der Waals surface area contributed by atoms with Crippen molar-refractivity contribution in [2.24, 2.45) is 0 Å². The first kappa shape index (κ1) is 18.0. The van der Waals surface area contributed by atoms with Crippen molar-refractivity contribution in [1.82, 2.24) is 5.32 Å². The van der Waals surface area contributed by atoms with Crippen LogP contribution < -0.4 is 10.0 Å². The summed E-state index contributed by atoms with van der Waals surface area (Å²) in [5.74, 6) is -0.325. The molecule has 0 spiro atoms. The van der Waals surface area contributed by atoms with E-state index < -0.39 is 10.0 Å². The quantitative estimate of drug-likeness (QED) is 0.844. The molecular formula is C18H22N2O3S. The molecule has 0 saturated carbocycles. The smallest absolute Gasteiger partial charge is 0.253 e. The lowest BCUT2D eigenvalue weighted by Crippen LogP contribution is -2.27. The molecule has 0 aromatic heterocycles. The van der Waals surface area contributed by atoms with E-state index in [9.17, 15) is 13.2 Å². The Labute approximate surface area is 143 Å².